The molecule has 0 N–H and O–H groups in total. The first kappa shape index (κ1) is 19.5. The summed E-state index contributed by atoms with van der Waals surface area (Å²) in [6.07, 6.45) is 0.932. The first-order chi connectivity index (χ1) is 13.0. The molecule has 142 valence electrons. The van der Waals surface area contributed by atoms with Gasteiger partial charge in [-0.25, -0.2) is 5.01 Å². The van der Waals surface area contributed by atoms with Crippen LogP contribution in [0.5, 0.6) is 11.5 Å². The molecular formula is C20H20Cl2N2O3. The minimum absolute atomic E-state index is 0.0511. The van der Waals surface area contributed by atoms with E-state index in [0.29, 0.717) is 34.4 Å². The topological polar surface area (TPSA) is 51.1 Å². The van der Waals surface area contributed by atoms with Crippen LogP contribution in [0.15, 0.2) is 41.5 Å². The van der Waals surface area contributed by atoms with Crippen molar-refractivity contribution in [2.75, 3.05) is 14.2 Å². The molecular weight excluding hydrogens is 387 g/mol. The van der Waals surface area contributed by atoms with Gasteiger partial charge in [0.2, 0.25) is 5.91 Å². The summed E-state index contributed by atoms with van der Waals surface area (Å²) in [6, 6.07) is 10.8. The number of carbonyl (C=O) groups is 1. The molecule has 2 aromatic carbocycles. The van der Waals surface area contributed by atoms with Gasteiger partial charge in [-0.3, -0.25) is 4.79 Å². The van der Waals surface area contributed by atoms with Crippen LogP contribution in [0.25, 0.3) is 0 Å². The number of amides is 1. The number of rotatable bonds is 5. The van der Waals surface area contributed by atoms with Gasteiger partial charge in [-0.1, -0.05) is 42.3 Å². The van der Waals surface area contributed by atoms with E-state index in [9.17, 15) is 4.79 Å². The summed E-state index contributed by atoms with van der Waals surface area (Å²) in [4.78, 5) is 12.5. The zero-order valence-corrected chi connectivity index (χ0v) is 16.8. The number of hydrazone groups is 1. The summed E-state index contributed by atoms with van der Waals surface area (Å²) in [5.41, 5.74) is 2.56. The summed E-state index contributed by atoms with van der Waals surface area (Å²) in [5.74, 6) is 1.20. The van der Waals surface area contributed by atoms with Crippen molar-refractivity contribution in [2.45, 2.75) is 25.8 Å². The molecule has 1 heterocycles. The van der Waals surface area contributed by atoms with E-state index in [4.69, 9.17) is 32.7 Å². The zero-order valence-electron chi connectivity index (χ0n) is 15.3. The van der Waals surface area contributed by atoms with Crippen LogP contribution in [-0.4, -0.2) is 30.8 Å². The Morgan fingerprint density at radius 3 is 2.48 bits per heavy atom. The van der Waals surface area contributed by atoms with Crippen LogP contribution in [0.1, 0.15) is 36.9 Å². The predicted molar refractivity (Wildman–Crippen MR) is 107 cm³/mol. The average Bonchev–Trinajstić information content (AvgIpc) is 3.14. The minimum Gasteiger partial charge on any atom is -0.493 e. The Labute approximate surface area is 168 Å². The van der Waals surface area contributed by atoms with Crippen LogP contribution in [0.2, 0.25) is 10.0 Å². The van der Waals surface area contributed by atoms with Gasteiger partial charge >= 0.3 is 0 Å². The smallest absolute Gasteiger partial charge is 0.242 e. The van der Waals surface area contributed by atoms with Crippen LogP contribution in [-0.2, 0) is 4.79 Å². The summed E-state index contributed by atoms with van der Waals surface area (Å²) < 4.78 is 10.7. The third-order valence-corrected chi connectivity index (χ3v) is 5.25. The molecule has 1 atom stereocenters. The van der Waals surface area contributed by atoms with Crippen molar-refractivity contribution in [3.05, 3.63) is 57.6 Å². The Morgan fingerprint density at radius 1 is 1.11 bits per heavy atom. The molecule has 0 spiro atoms. The molecule has 1 amide bonds. The Morgan fingerprint density at radius 2 is 1.85 bits per heavy atom. The lowest BCUT2D eigenvalue weighted by molar-refractivity contribution is -0.132. The summed E-state index contributed by atoms with van der Waals surface area (Å²) >= 11 is 12.2. The highest BCUT2D eigenvalue weighted by Crippen LogP contribution is 2.38. The Bertz CT molecular complexity index is 899. The summed E-state index contributed by atoms with van der Waals surface area (Å²) in [5, 5.41) is 7.06. The van der Waals surface area contributed by atoms with Gasteiger partial charge in [-0.2, -0.15) is 5.10 Å². The number of hydrogen-bond donors (Lipinski definition) is 0. The molecule has 0 aliphatic carbocycles. The molecule has 27 heavy (non-hydrogen) atoms. The first-order valence-corrected chi connectivity index (χ1v) is 9.31. The quantitative estimate of drug-likeness (QED) is 0.693. The lowest BCUT2D eigenvalue weighted by Crippen LogP contribution is -2.26. The van der Waals surface area contributed by atoms with Crippen molar-refractivity contribution in [3.63, 3.8) is 0 Å². The maximum Gasteiger partial charge on any atom is 0.242 e. The van der Waals surface area contributed by atoms with Crippen LogP contribution < -0.4 is 9.47 Å². The number of benzene rings is 2. The van der Waals surface area contributed by atoms with E-state index in [1.165, 1.54) is 0 Å². The van der Waals surface area contributed by atoms with Gasteiger partial charge in [-0.05, 0) is 35.4 Å². The summed E-state index contributed by atoms with van der Waals surface area (Å²) in [6.45, 7) is 1.82. The monoisotopic (exact) mass is 406 g/mol. The van der Waals surface area contributed by atoms with E-state index in [1.54, 1.807) is 31.4 Å². The molecule has 0 fully saturated rings. The van der Waals surface area contributed by atoms with Crippen molar-refractivity contribution in [1.29, 1.82) is 0 Å². The maximum atomic E-state index is 12.5. The molecule has 0 radical (unpaired) electrons. The highest BCUT2D eigenvalue weighted by Gasteiger charge is 2.33. The molecule has 1 unspecified atom stereocenters. The number of halogens is 2. The highest BCUT2D eigenvalue weighted by atomic mass is 35.5. The maximum absolute atomic E-state index is 12.5. The van der Waals surface area contributed by atoms with Crippen LogP contribution >= 0.6 is 23.2 Å². The SMILES string of the molecule is CCC(=O)N1N=C(c2ccc(Cl)c(Cl)c2)CC1c1ccc(OC)c(OC)c1. The molecule has 0 aromatic heterocycles. The predicted octanol–water partition coefficient (Wildman–Crippen LogP) is 5.10. The van der Waals surface area contributed by atoms with Gasteiger partial charge < -0.3 is 9.47 Å². The third-order valence-electron chi connectivity index (χ3n) is 4.51. The number of nitrogens with zero attached hydrogens (tertiary/aromatic N) is 2. The Balaban J connectivity index is 1.98. The largest absolute Gasteiger partial charge is 0.493 e. The van der Waals surface area contributed by atoms with Gasteiger partial charge in [-0.15, -0.1) is 0 Å². The second kappa shape index (κ2) is 8.19. The fourth-order valence-electron chi connectivity index (χ4n) is 3.07. The van der Waals surface area contributed by atoms with Gasteiger partial charge in [0.05, 0.1) is 36.0 Å². The normalized spacial score (nSPS) is 16.3. The van der Waals surface area contributed by atoms with Crippen molar-refractivity contribution in [1.82, 2.24) is 5.01 Å². The van der Waals surface area contributed by atoms with Crippen molar-refractivity contribution < 1.29 is 14.3 Å². The van der Waals surface area contributed by atoms with Crippen molar-refractivity contribution in [3.8, 4) is 11.5 Å². The number of methoxy groups -OCH3 is 2. The highest BCUT2D eigenvalue weighted by molar-refractivity contribution is 6.42. The van der Waals surface area contributed by atoms with Crippen molar-refractivity contribution in [2.24, 2.45) is 5.10 Å². The Hall–Kier alpha value is -2.24. The van der Waals surface area contributed by atoms with Gasteiger partial charge in [0, 0.05) is 12.8 Å². The van der Waals surface area contributed by atoms with E-state index in [1.807, 2.05) is 31.2 Å². The van der Waals surface area contributed by atoms with Crippen molar-refractivity contribution >= 4 is 34.8 Å². The number of carbonyl (C=O) groups excluding carboxylic acids is 1. The standard InChI is InChI=1S/C20H20Cl2N2O3/c1-4-20(25)24-17(13-6-8-18(26-2)19(10-13)27-3)11-16(23-24)12-5-7-14(21)15(22)9-12/h5-10,17H,4,11H2,1-3H3. The first-order valence-electron chi connectivity index (χ1n) is 8.55. The summed E-state index contributed by atoms with van der Waals surface area (Å²) in [7, 11) is 3.17. The van der Waals surface area contributed by atoms with Crippen LogP contribution in [0.4, 0.5) is 0 Å². The molecule has 7 heteroatoms. The molecule has 1 aliphatic heterocycles. The number of ether oxygens (including phenoxy) is 2. The van der Waals surface area contributed by atoms with E-state index in [-0.39, 0.29) is 11.9 Å². The van der Waals surface area contributed by atoms with Gasteiger partial charge in [0.15, 0.2) is 11.5 Å². The fraction of sp³-hybridized carbons (Fsp3) is 0.300. The molecule has 0 saturated heterocycles. The van der Waals surface area contributed by atoms with Gasteiger partial charge in [0.25, 0.3) is 0 Å². The van der Waals surface area contributed by atoms with Crippen LogP contribution in [0, 0.1) is 0 Å². The van der Waals surface area contributed by atoms with E-state index in [0.717, 1.165) is 16.8 Å². The molecule has 5 nitrogen and oxygen atoms in total. The zero-order chi connectivity index (χ0) is 19.6. The molecule has 0 bridgehead atoms. The van der Waals surface area contributed by atoms with E-state index in [2.05, 4.69) is 5.10 Å². The fourth-order valence-corrected chi connectivity index (χ4v) is 3.37. The van der Waals surface area contributed by atoms with E-state index < -0.39 is 0 Å². The average molecular weight is 407 g/mol. The second-order valence-corrected chi connectivity index (χ2v) is 6.92. The van der Waals surface area contributed by atoms with E-state index >= 15 is 0 Å². The lowest BCUT2D eigenvalue weighted by atomic mass is 9.98. The third kappa shape index (κ3) is 3.89. The molecule has 0 saturated carbocycles. The van der Waals surface area contributed by atoms with Crippen LogP contribution in [0.3, 0.4) is 0 Å². The minimum atomic E-state index is -0.221. The van der Waals surface area contributed by atoms with Gasteiger partial charge in [0.1, 0.15) is 0 Å². The molecule has 2 aromatic rings. The second-order valence-electron chi connectivity index (χ2n) is 6.10. The lowest BCUT2D eigenvalue weighted by Gasteiger charge is -2.22. The Kier molecular flexibility index (Phi) is 5.92. The molecule has 3 rings (SSSR count). The molecule has 1 aliphatic rings. The number of hydrogen-bond acceptors (Lipinski definition) is 4.